The van der Waals surface area contributed by atoms with Gasteiger partial charge in [-0.1, -0.05) is 30.3 Å². The number of rotatable bonds is 12. The van der Waals surface area contributed by atoms with Crippen LogP contribution in [0, 0.1) is 4.78 Å². The van der Waals surface area contributed by atoms with Crippen molar-refractivity contribution in [2.75, 3.05) is 11.5 Å². The number of hydrogen-bond donors (Lipinski definition) is 4. The molecule has 0 aliphatic heterocycles. The number of nitrogens with zero attached hydrogens (tertiary/aromatic N) is 1. The van der Waals surface area contributed by atoms with E-state index in [1.807, 2.05) is 6.07 Å². The van der Waals surface area contributed by atoms with Crippen molar-refractivity contribution in [2.24, 2.45) is 0 Å². The number of halogens is 3. The van der Waals surface area contributed by atoms with Crippen molar-refractivity contribution in [3.05, 3.63) is 59.9 Å². The van der Waals surface area contributed by atoms with Gasteiger partial charge in [0.1, 0.15) is 24.0 Å². The largest absolute Gasteiger partial charge is 0.487 e. The van der Waals surface area contributed by atoms with Gasteiger partial charge in [-0.3, -0.25) is 9.76 Å². The highest BCUT2D eigenvalue weighted by Gasteiger charge is 2.56. The molecule has 0 spiro atoms. The van der Waals surface area contributed by atoms with E-state index in [0.717, 1.165) is 17.8 Å². The minimum atomic E-state index is -5.22. The third kappa shape index (κ3) is 10.0. The van der Waals surface area contributed by atoms with E-state index in [9.17, 15) is 37.2 Å². The maximum absolute atomic E-state index is 13.9. The summed E-state index contributed by atoms with van der Waals surface area (Å²) in [5.74, 6) is -2.89. The summed E-state index contributed by atoms with van der Waals surface area (Å²) in [5, 5.41) is 22.0. The Labute approximate surface area is 224 Å². The molecule has 1 heterocycles. The molecule has 3 atom stereocenters. The van der Waals surface area contributed by atoms with Crippen molar-refractivity contribution in [1.29, 1.82) is 4.78 Å². The maximum Gasteiger partial charge on any atom is 0.423 e. The number of carbonyl (C=O) groups excluding carboxylic acids is 1. The van der Waals surface area contributed by atoms with Crippen molar-refractivity contribution >= 4 is 21.8 Å². The van der Waals surface area contributed by atoms with Crippen molar-refractivity contribution < 1.29 is 46.7 Å². The summed E-state index contributed by atoms with van der Waals surface area (Å²) in [5.41, 5.74) is -4.38. The molecule has 4 N–H and O–H groups in total. The van der Waals surface area contributed by atoms with Crippen LogP contribution >= 0.6 is 0 Å². The van der Waals surface area contributed by atoms with Crippen LogP contribution in [0.1, 0.15) is 44.9 Å². The van der Waals surface area contributed by atoms with Crippen LogP contribution in [0.2, 0.25) is 0 Å². The highest BCUT2D eigenvalue weighted by atomic mass is 32.2. The molecule has 2 rings (SSSR count). The van der Waals surface area contributed by atoms with E-state index in [2.05, 4.69) is 10.3 Å². The van der Waals surface area contributed by atoms with Gasteiger partial charge in [0, 0.05) is 27.7 Å². The van der Waals surface area contributed by atoms with Crippen LogP contribution in [-0.4, -0.2) is 60.8 Å². The van der Waals surface area contributed by atoms with E-state index in [4.69, 9.17) is 14.3 Å². The number of aliphatic hydroxyl groups is 1. The number of amides is 1. The predicted octanol–water partition coefficient (Wildman–Crippen LogP) is 4.22. The summed E-state index contributed by atoms with van der Waals surface area (Å²) >= 11 is 0. The molecule has 0 aliphatic carbocycles. The Morgan fingerprint density at radius 1 is 1.10 bits per heavy atom. The molecular weight excluding hydrogens is 543 g/mol. The Morgan fingerprint density at radius 3 is 2.26 bits per heavy atom. The number of alkyl carbamates (subject to hydrolysis) is 1. The molecule has 0 bridgehead atoms. The Bertz CT molecular complexity index is 1220. The third-order valence-electron chi connectivity index (χ3n) is 5.40. The van der Waals surface area contributed by atoms with Gasteiger partial charge in [-0.2, -0.15) is 13.2 Å². The highest BCUT2D eigenvalue weighted by molar-refractivity contribution is 7.92. The zero-order valence-corrected chi connectivity index (χ0v) is 22.5. The van der Waals surface area contributed by atoms with Crippen LogP contribution in [-0.2, 0) is 31.5 Å². The summed E-state index contributed by atoms with van der Waals surface area (Å²) in [6.07, 6.45) is -6.92. The first-order valence-electron chi connectivity index (χ1n) is 11.8. The molecule has 2 aromatic rings. The van der Waals surface area contributed by atoms with E-state index in [1.165, 1.54) is 6.07 Å². The molecule has 0 aliphatic rings. The average Bonchev–Trinajstić information content (AvgIpc) is 2.83. The van der Waals surface area contributed by atoms with E-state index >= 15 is 0 Å². The lowest BCUT2D eigenvalue weighted by atomic mass is 9.95. The van der Waals surface area contributed by atoms with Crippen LogP contribution in [0.4, 0.5) is 18.0 Å². The monoisotopic (exact) mass is 575 g/mol. The van der Waals surface area contributed by atoms with Crippen LogP contribution in [0.5, 0.6) is 5.75 Å². The van der Waals surface area contributed by atoms with Gasteiger partial charge in [-0.15, -0.1) is 0 Å². The van der Waals surface area contributed by atoms with Crippen LogP contribution < -0.4 is 10.1 Å². The molecule has 10 nitrogen and oxygen atoms in total. The Kier molecular flexibility index (Phi) is 10.3. The third-order valence-corrected chi connectivity index (χ3v) is 7.16. The van der Waals surface area contributed by atoms with Gasteiger partial charge in [0.25, 0.3) is 0 Å². The first-order chi connectivity index (χ1) is 17.9. The molecule has 216 valence electrons. The Hall–Kier alpha value is -3.39. The summed E-state index contributed by atoms with van der Waals surface area (Å²) in [6, 6.07) is 9.57. The Balaban J connectivity index is 2.06. The lowest BCUT2D eigenvalue weighted by Gasteiger charge is -2.30. The second-order valence-corrected chi connectivity index (χ2v) is 12.2. The van der Waals surface area contributed by atoms with Gasteiger partial charge in [-0.05, 0) is 44.9 Å². The second-order valence-electron chi connectivity index (χ2n) is 9.81. The number of nitrogens with one attached hydrogen (secondary N) is 2. The number of pyridine rings is 1. The fourth-order valence-corrected chi connectivity index (χ4v) is 4.74. The highest BCUT2D eigenvalue weighted by Crippen LogP contribution is 2.41. The van der Waals surface area contributed by atoms with Crippen molar-refractivity contribution in [1.82, 2.24) is 10.3 Å². The summed E-state index contributed by atoms with van der Waals surface area (Å²) in [6.45, 7) is 4.81. The zero-order chi connectivity index (χ0) is 29.5. The number of alkyl halides is 3. The molecule has 1 aromatic carbocycles. The minimum Gasteiger partial charge on any atom is -0.487 e. The van der Waals surface area contributed by atoms with Gasteiger partial charge in [0.05, 0.1) is 11.9 Å². The SMILES string of the molecule is CC(C)(C)OC(=O)N[C@@H](CCS(=N)(=O)CCC(O)(c1ccc(OCc2ccccc2)cn1)C(F)(F)F)C(=O)O. The normalized spacial score (nSPS) is 15.9. The van der Waals surface area contributed by atoms with Gasteiger partial charge in [0.15, 0.2) is 0 Å². The lowest BCUT2D eigenvalue weighted by molar-refractivity contribution is -0.268. The number of carboxylic acid groups (broad SMARTS) is 1. The van der Waals surface area contributed by atoms with E-state index in [-0.39, 0.29) is 12.4 Å². The van der Waals surface area contributed by atoms with E-state index < -0.39 is 75.3 Å². The molecular formula is C25H32F3N3O7S. The van der Waals surface area contributed by atoms with Crippen molar-refractivity contribution in [3.63, 3.8) is 0 Å². The number of aromatic nitrogens is 1. The second kappa shape index (κ2) is 12.6. The molecule has 39 heavy (non-hydrogen) atoms. The summed E-state index contributed by atoms with van der Waals surface area (Å²) in [7, 11) is -3.80. The molecule has 2 unspecified atom stereocenters. The topological polar surface area (TPSA) is 159 Å². The number of aliphatic carboxylic acids is 1. The fourth-order valence-electron chi connectivity index (χ4n) is 3.30. The first kappa shape index (κ1) is 31.8. The summed E-state index contributed by atoms with van der Waals surface area (Å²) in [4.78, 5) is 27.0. The van der Waals surface area contributed by atoms with Crippen LogP contribution in [0.3, 0.4) is 0 Å². The van der Waals surface area contributed by atoms with Crippen molar-refractivity contribution in [2.45, 2.75) is 63.6 Å². The number of carboxylic acids is 1. The van der Waals surface area contributed by atoms with E-state index in [1.54, 1.807) is 45.0 Å². The molecule has 1 amide bonds. The molecule has 0 saturated heterocycles. The molecule has 0 saturated carbocycles. The van der Waals surface area contributed by atoms with Gasteiger partial charge in [-0.25, -0.2) is 13.8 Å². The zero-order valence-electron chi connectivity index (χ0n) is 21.7. The fraction of sp³-hybridized carbons (Fsp3) is 0.480. The van der Waals surface area contributed by atoms with E-state index in [0.29, 0.717) is 0 Å². The van der Waals surface area contributed by atoms with Gasteiger partial charge >= 0.3 is 18.2 Å². The molecule has 1 aromatic heterocycles. The average molecular weight is 576 g/mol. The first-order valence-corrected chi connectivity index (χ1v) is 13.7. The number of carbonyl (C=O) groups is 2. The number of hydrogen-bond acceptors (Lipinski definition) is 8. The minimum absolute atomic E-state index is 0.145. The molecule has 14 heteroatoms. The molecule has 0 radical (unpaired) electrons. The quantitative estimate of drug-likeness (QED) is 0.293. The van der Waals surface area contributed by atoms with Crippen LogP contribution in [0.15, 0.2) is 48.7 Å². The smallest absolute Gasteiger partial charge is 0.423 e. The van der Waals surface area contributed by atoms with Gasteiger partial charge < -0.3 is 25.0 Å². The summed E-state index contributed by atoms with van der Waals surface area (Å²) < 4.78 is 72.9. The van der Waals surface area contributed by atoms with Crippen LogP contribution in [0.25, 0.3) is 0 Å². The number of ether oxygens (including phenoxy) is 2. The maximum atomic E-state index is 13.9. The lowest BCUT2D eigenvalue weighted by Crippen LogP contribution is -2.45. The van der Waals surface area contributed by atoms with Crippen molar-refractivity contribution in [3.8, 4) is 5.75 Å². The number of benzene rings is 1. The van der Waals surface area contributed by atoms with Gasteiger partial charge in [0.2, 0.25) is 5.60 Å². The predicted molar refractivity (Wildman–Crippen MR) is 136 cm³/mol. The Morgan fingerprint density at radius 2 is 1.74 bits per heavy atom. The molecule has 0 fully saturated rings. The standard InChI is InChI=1S/C25H32F3N3O7S/c1-23(2,3)38-22(34)31-19(21(32)33)11-13-39(29,36)14-12-24(35,25(26,27)28)20-10-9-18(15-30-20)37-16-17-7-5-4-6-8-17/h4-10,15,19,29,35H,11-14,16H2,1-3H3,(H,31,34)(H,32,33)/t19-,24?,39?/m0/s1.